The van der Waals surface area contributed by atoms with E-state index in [1.807, 2.05) is 13.8 Å². The second kappa shape index (κ2) is 7.19. The third-order valence-electron chi connectivity index (χ3n) is 1.52. The number of aliphatic imine (C=N–C) groups is 1. The highest BCUT2D eigenvalue weighted by Gasteiger charge is 2.15. The number of carbonyl (C=O) groups is 1. The first-order chi connectivity index (χ1) is 7.60. The van der Waals surface area contributed by atoms with Gasteiger partial charge in [0.1, 0.15) is 4.88 Å². The number of thiophene rings is 1. The van der Waals surface area contributed by atoms with Crippen molar-refractivity contribution in [2.24, 2.45) is 4.99 Å². The molecule has 1 heterocycles. The smallest absolute Gasteiger partial charge is 0.348 e. The molecule has 0 saturated heterocycles. The van der Waals surface area contributed by atoms with Gasteiger partial charge in [0.2, 0.25) is 0 Å². The van der Waals surface area contributed by atoms with E-state index in [1.54, 1.807) is 6.07 Å². The Morgan fingerprint density at radius 2 is 2.12 bits per heavy atom. The molecule has 0 N–H and O–H groups in total. The zero-order valence-corrected chi connectivity index (χ0v) is 11.1. The van der Waals surface area contributed by atoms with E-state index in [0.717, 1.165) is 0 Å². The third kappa shape index (κ3) is 3.47. The lowest BCUT2D eigenvalue weighted by molar-refractivity contribution is 0.0606. The molecule has 5 heteroatoms. The lowest BCUT2D eigenvalue weighted by Gasteiger charge is -1.92. The minimum Gasteiger partial charge on any atom is -0.465 e. The SMILES string of the molecule is C=Nc1cc(C(=O)OC)sc1C(=C)Cl.CC. The van der Waals surface area contributed by atoms with Crippen molar-refractivity contribution in [3.05, 3.63) is 22.4 Å². The summed E-state index contributed by atoms with van der Waals surface area (Å²) < 4.78 is 4.57. The first-order valence-electron chi connectivity index (χ1n) is 4.63. The monoisotopic (exact) mass is 259 g/mol. The van der Waals surface area contributed by atoms with Crippen LogP contribution in [0.3, 0.4) is 0 Å². The van der Waals surface area contributed by atoms with Crippen molar-refractivity contribution in [3.8, 4) is 0 Å². The maximum atomic E-state index is 11.2. The molecule has 0 fully saturated rings. The van der Waals surface area contributed by atoms with E-state index in [4.69, 9.17) is 11.6 Å². The fraction of sp³-hybridized carbons (Fsp3) is 0.273. The largest absolute Gasteiger partial charge is 0.465 e. The summed E-state index contributed by atoms with van der Waals surface area (Å²) in [6, 6.07) is 1.58. The molecule has 0 aliphatic heterocycles. The van der Waals surface area contributed by atoms with Crippen molar-refractivity contribution in [2.45, 2.75) is 13.8 Å². The number of ether oxygens (including phenoxy) is 1. The first-order valence-corrected chi connectivity index (χ1v) is 5.83. The van der Waals surface area contributed by atoms with Gasteiger partial charge >= 0.3 is 5.97 Å². The van der Waals surface area contributed by atoms with Gasteiger partial charge in [-0.25, -0.2) is 4.79 Å². The highest BCUT2D eigenvalue weighted by molar-refractivity contribution is 7.16. The molecule has 0 unspecified atom stereocenters. The minimum absolute atomic E-state index is 0.340. The zero-order valence-electron chi connectivity index (χ0n) is 9.54. The second-order valence-electron chi connectivity index (χ2n) is 2.38. The van der Waals surface area contributed by atoms with Crippen LogP contribution in [0.4, 0.5) is 5.69 Å². The van der Waals surface area contributed by atoms with Crippen LogP contribution in [0.5, 0.6) is 0 Å². The summed E-state index contributed by atoms with van der Waals surface area (Å²) >= 11 is 6.91. The van der Waals surface area contributed by atoms with E-state index in [9.17, 15) is 4.79 Å². The number of hydrogen-bond acceptors (Lipinski definition) is 4. The molecule has 0 aliphatic rings. The van der Waals surface area contributed by atoms with Crippen LogP contribution in [0, 0.1) is 0 Å². The molecule has 1 aromatic rings. The molecular formula is C11H14ClNO2S. The predicted molar refractivity (Wildman–Crippen MR) is 71.1 cm³/mol. The number of halogens is 1. The lowest BCUT2D eigenvalue weighted by atomic mass is 10.3. The summed E-state index contributed by atoms with van der Waals surface area (Å²) in [5.74, 6) is -0.413. The fourth-order valence-corrected chi connectivity index (χ4v) is 2.00. The number of carbonyl (C=O) groups excluding carboxylic acids is 1. The van der Waals surface area contributed by atoms with Crippen molar-refractivity contribution in [2.75, 3.05) is 7.11 Å². The molecule has 0 radical (unpaired) electrons. The fourth-order valence-electron chi connectivity index (χ4n) is 0.894. The average Bonchev–Trinajstić information content (AvgIpc) is 2.74. The van der Waals surface area contributed by atoms with Gasteiger partial charge < -0.3 is 4.74 Å². The summed E-state index contributed by atoms with van der Waals surface area (Å²) in [7, 11) is 1.32. The van der Waals surface area contributed by atoms with E-state index in [-0.39, 0.29) is 0 Å². The number of rotatable bonds is 3. The Morgan fingerprint density at radius 1 is 1.56 bits per heavy atom. The minimum atomic E-state index is -0.413. The normalized spacial score (nSPS) is 8.75. The van der Waals surface area contributed by atoms with Gasteiger partial charge in [-0.1, -0.05) is 32.0 Å². The van der Waals surface area contributed by atoms with Crippen LogP contribution in [0.2, 0.25) is 0 Å². The molecule has 88 valence electrons. The Kier molecular flexibility index (Phi) is 6.69. The van der Waals surface area contributed by atoms with Gasteiger partial charge in [0.15, 0.2) is 0 Å². The van der Waals surface area contributed by atoms with E-state index in [0.29, 0.717) is 20.5 Å². The molecule has 3 nitrogen and oxygen atoms in total. The summed E-state index contributed by atoms with van der Waals surface area (Å²) in [5, 5.41) is 0.340. The van der Waals surface area contributed by atoms with Crippen molar-refractivity contribution in [3.63, 3.8) is 0 Å². The van der Waals surface area contributed by atoms with Gasteiger partial charge in [-0.05, 0) is 12.8 Å². The van der Waals surface area contributed by atoms with Crippen molar-refractivity contribution >= 4 is 46.3 Å². The highest BCUT2D eigenvalue weighted by Crippen LogP contribution is 2.36. The highest BCUT2D eigenvalue weighted by atomic mass is 35.5. The van der Waals surface area contributed by atoms with Crippen LogP contribution < -0.4 is 0 Å². The molecule has 0 spiro atoms. The Bertz CT molecular complexity index is 399. The lowest BCUT2D eigenvalue weighted by Crippen LogP contribution is -1.96. The van der Waals surface area contributed by atoms with Gasteiger partial charge in [-0.2, -0.15) is 0 Å². The van der Waals surface area contributed by atoms with Gasteiger partial charge in [0.05, 0.1) is 22.7 Å². The van der Waals surface area contributed by atoms with Gasteiger partial charge in [0, 0.05) is 0 Å². The summed E-state index contributed by atoms with van der Waals surface area (Å²) in [4.78, 5) is 16.0. The molecule has 0 aliphatic carbocycles. The molecule has 0 aromatic carbocycles. The molecule has 0 amide bonds. The molecule has 0 bridgehead atoms. The summed E-state index contributed by atoms with van der Waals surface area (Å²) in [5.41, 5.74) is 0.551. The van der Waals surface area contributed by atoms with E-state index in [1.165, 1.54) is 18.4 Å². The van der Waals surface area contributed by atoms with Gasteiger partial charge in [-0.15, -0.1) is 11.3 Å². The van der Waals surface area contributed by atoms with Crippen molar-refractivity contribution in [1.82, 2.24) is 0 Å². The van der Waals surface area contributed by atoms with Gasteiger partial charge in [0.25, 0.3) is 0 Å². The molecule has 1 aromatic heterocycles. The first kappa shape index (κ1) is 14.9. The molecular weight excluding hydrogens is 246 g/mol. The van der Waals surface area contributed by atoms with E-state index in [2.05, 4.69) is 23.0 Å². The third-order valence-corrected chi connectivity index (χ3v) is 2.98. The van der Waals surface area contributed by atoms with Crippen LogP contribution in [-0.2, 0) is 4.74 Å². The number of esters is 1. The number of hydrogen-bond donors (Lipinski definition) is 0. The number of nitrogens with zero attached hydrogens (tertiary/aromatic N) is 1. The number of methoxy groups -OCH3 is 1. The average molecular weight is 260 g/mol. The topological polar surface area (TPSA) is 38.7 Å². The predicted octanol–water partition coefficient (Wildman–Crippen LogP) is 4.10. The van der Waals surface area contributed by atoms with Gasteiger partial charge in [-0.3, -0.25) is 4.99 Å². The summed E-state index contributed by atoms with van der Waals surface area (Å²) in [6.45, 7) is 10.9. The molecule has 0 saturated carbocycles. The van der Waals surface area contributed by atoms with Crippen LogP contribution in [-0.4, -0.2) is 19.8 Å². The zero-order chi connectivity index (χ0) is 12.7. The molecule has 1 rings (SSSR count). The quantitative estimate of drug-likeness (QED) is 0.605. The van der Waals surface area contributed by atoms with Crippen LogP contribution in [0.25, 0.3) is 5.03 Å². The maximum absolute atomic E-state index is 11.2. The Morgan fingerprint density at radius 3 is 2.44 bits per heavy atom. The second-order valence-corrected chi connectivity index (χ2v) is 3.89. The van der Waals surface area contributed by atoms with Crippen LogP contribution in [0.1, 0.15) is 28.4 Å². The van der Waals surface area contributed by atoms with Crippen LogP contribution in [0.15, 0.2) is 17.6 Å². The van der Waals surface area contributed by atoms with Crippen molar-refractivity contribution < 1.29 is 9.53 Å². The summed E-state index contributed by atoms with van der Waals surface area (Å²) in [6.07, 6.45) is 0. The maximum Gasteiger partial charge on any atom is 0.348 e. The van der Waals surface area contributed by atoms with Crippen molar-refractivity contribution in [1.29, 1.82) is 0 Å². The Hall–Kier alpha value is -1.13. The Balaban J connectivity index is 0.00000106. The Labute approximate surface area is 104 Å². The van der Waals surface area contributed by atoms with E-state index >= 15 is 0 Å². The molecule has 0 atom stereocenters. The van der Waals surface area contributed by atoms with Crippen LogP contribution >= 0.6 is 22.9 Å². The standard InChI is InChI=1S/C9H8ClNO2S.C2H6/c1-5(10)8-6(11-2)4-7(14-8)9(12)13-3;1-2/h4H,1-2H2,3H3;1-2H3. The van der Waals surface area contributed by atoms with E-state index < -0.39 is 5.97 Å². The molecule has 16 heavy (non-hydrogen) atoms.